The Bertz CT molecular complexity index is 511. The normalized spacial score (nSPS) is 10.2. The second-order valence-corrected chi connectivity index (χ2v) is 4.09. The Morgan fingerprint density at radius 1 is 1.50 bits per heavy atom. The molecule has 82 valence electrons. The summed E-state index contributed by atoms with van der Waals surface area (Å²) in [5, 5.41) is 9.66. The summed E-state index contributed by atoms with van der Waals surface area (Å²) >= 11 is 1.25. The van der Waals surface area contributed by atoms with E-state index in [1.165, 1.54) is 17.8 Å². The van der Waals surface area contributed by atoms with Crippen molar-refractivity contribution in [2.75, 3.05) is 5.73 Å². The number of aromatic amines is 1. The molecule has 0 aliphatic carbocycles. The van der Waals surface area contributed by atoms with Gasteiger partial charge in [-0.3, -0.25) is 0 Å². The Labute approximate surface area is 95.7 Å². The lowest BCUT2D eigenvalue weighted by Gasteiger charge is -2.04. The molecule has 0 saturated heterocycles. The first-order chi connectivity index (χ1) is 7.66. The maximum atomic E-state index is 11.0. The van der Waals surface area contributed by atoms with Crippen molar-refractivity contribution in [1.82, 2.24) is 9.97 Å². The van der Waals surface area contributed by atoms with Gasteiger partial charge in [0.25, 0.3) is 0 Å². The van der Waals surface area contributed by atoms with Gasteiger partial charge in [0.15, 0.2) is 5.16 Å². The van der Waals surface area contributed by atoms with E-state index in [4.69, 9.17) is 10.8 Å². The number of benzene rings is 1. The van der Waals surface area contributed by atoms with Crippen molar-refractivity contribution in [2.45, 2.75) is 10.1 Å². The van der Waals surface area contributed by atoms with Crippen LogP contribution in [0.4, 0.5) is 5.69 Å². The minimum Gasteiger partial charge on any atom is -0.478 e. The van der Waals surface area contributed by atoms with Crippen molar-refractivity contribution in [3.63, 3.8) is 0 Å². The molecule has 2 aromatic rings. The summed E-state index contributed by atoms with van der Waals surface area (Å²) < 4.78 is 0. The molecule has 0 amide bonds. The van der Waals surface area contributed by atoms with Gasteiger partial charge < -0.3 is 15.8 Å². The highest BCUT2D eigenvalue weighted by Gasteiger charge is 2.12. The summed E-state index contributed by atoms with van der Waals surface area (Å²) in [5.74, 6) is -0.999. The number of nitrogens with one attached hydrogen (secondary N) is 1. The van der Waals surface area contributed by atoms with Crippen molar-refractivity contribution in [1.29, 1.82) is 0 Å². The molecule has 0 fully saturated rings. The monoisotopic (exact) mass is 235 g/mol. The van der Waals surface area contributed by atoms with Crippen molar-refractivity contribution < 1.29 is 9.90 Å². The number of rotatable bonds is 3. The van der Waals surface area contributed by atoms with E-state index in [1.54, 1.807) is 24.5 Å². The van der Waals surface area contributed by atoms with Gasteiger partial charge in [0.2, 0.25) is 0 Å². The fourth-order valence-electron chi connectivity index (χ4n) is 1.21. The van der Waals surface area contributed by atoms with Gasteiger partial charge in [0, 0.05) is 23.0 Å². The number of imidazole rings is 1. The summed E-state index contributed by atoms with van der Waals surface area (Å²) in [6.45, 7) is 0. The number of H-pyrrole nitrogens is 1. The van der Waals surface area contributed by atoms with Crippen LogP contribution in [0.1, 0.15) is 10.4 Å². The third kappa shape index (κ3) is 2.17. The minimum absolute atomic E-state index is 0.182. The van der Waals surface area contributed by atoms with E-state index in [1.807, 2.05) is 0 Å². The van der Waals surface area contributed by atoms with Gasteiger partial charge in [-0.05, 0) is 18.2 Å². The lowest BCUT2D eigenvalue weighted by Crippen LogP contribution is -2.00. The Morgan fingerprint density at radius 3 is 2.94 bits per heavy atom. The number of carboxylic acids is 1. The number of hydrogen-bond donors (Lipinski definition) is 3. The number of carboxylic acid groups (broad SMARTS) is 1. The summed E-state index contributed by atoms with van der Waals surface area (Å²) in [6.07, 6.45) is 3.29. The lowest BCUT2D eigenvalue weighted by atomic mass is 10.2. The first-order valence-corrected chi connectivity index (χ1v) is 5.28. The fourth-order valence-corrected chi connectivity index (χ4v) is 2.06. The Balaban J connectivity index is 2.36. The van der Waals surface area contributed by atoms with Crippen molar-refractivity contribution in [3.8, 4) is 0 Å². The quantitative estimate of drug-likeness (QED) is 0.706. The Kier molecular flexibility index (Phi) is 2.82. The standard InChI is InChI=1S/C10H9N3O2S/c11-6-1-2-8(7(5-6)9(14)15)16-10-12-3-4-13-10/h1-5H,11H2,(H,12,13)(H,14,15). The number of nitrogen functional groups attached to an aromatic ring is 1. The maximum absolute atomic E-state index is 11.0. The summed E-state index contributed by atoms with van der Waals surface area (Å²) in [7, 11) is 0. The zero-order chi connectivity index (χ0) is 11.5. The molecule has 0 aliphatic heterocycles. The molecule has 6 heteroatoms. The predicted octanol–water partition coefficient (Wildman–Crippen LogP) is 1.84. The van der Waals surface area contributed by atoms with E-state index in [0.29, 0.717) is 15.7 Å². The summed E-state index contributed by atoms with van der Waals surface area (Å²) in [4.78, 5) is 18.5. The van der Waals surface area contributed by atoms with Gasteiger partial charge in [-0.25, -0.2) is 9.78 Å². The fraction of sp³-hybridized carbons (Fsp3) is 0. The molecule has 0 unspecified atom stereocenters. The molecular weight excluding hydrogens is 226 g/mol. The van der Waals surface area contributed by atoms with E-state index < -0.39 is 5.97 Å². The predicted molar refractivity (Wildman–Crippen MR) is 60.5 cm³/mol. The van der Waals surface area contributed by atoms with Gasteiger partial charge in [-0.2, -0.15) is 0 Å². The molecule has 1 heterocycles. The SMILES string of the molecule is Nc1ccc(Sc2ncc[nH]2)c(C(=O)O)c1. The van der Waals surface area contributed by atoms with Crippen LogP contribution in [0.5, 0.6) is 0 Å². The topological polar surface area (TPSA) is 92.0 Å². The molecule has 0 radical (unpaired) electrons. The number of nitrogens with zero attached hydrogens (tertiary/aromatic N) is 1. The van der Waals surface area contributed by atoms with Gasteiger partial charge >= 0.3 is 5.97 Å². The molecule has 2 rings (SSSR count). The first-order valence-electron chi connectivity index (χ1n) is 4.47. The summed E-state index contributed by atoms with van der Waals surface area (Å²) in [5.41, 5.74) is 6.16. The second kappa shape index (κ2) is 4.28. The molecule has 0 spiro atoms. The van der Waals surface area contributed by atoms with E-state index in [2.05, 4.69) is 9.97 Å². The number of nitrogens with two attached hydrogens (primary N) is 1. The van der Waals surface area contributed by atoms with Crippen molar-refractivity contribution in [3.05, 3.63) is 36.2 Å². The highest BCUT2D eigenvalue weighted by atomic mass is 32.2. The molecule has 16 heavy (non-hydrogen) atoms. The largest absolute Gasteiger partial charge is 0.478 e. The molecule has 0 saturated carbocycles. The zero-order valence-electron chi connectivity index (χ0n) is 8.18. The number of hydrogen-bond acceptors (Lipinski definition) is 4. The highest BCUT2D eigenvalue weighted by Crippen LogP contribution is 2.29. The molecule has 1 aromatic heterocycles. The molecule has 0 bridgehead atoms. The van der Waals surface area contributed by atoms with Gasteiger partial charge in [0.05, 0.1) is 5.56 Å². The zero-order valence-corrected chi connectivity index (χ0v) is 8.99. The van der Waals surface area contributed by atoms with Crippen LogP contribution in [0, 0.1) is 0 Å². The van der Waals surface area contributed by atoms with Crippen LogP contribution in [0.15, 0.2) is 40.6 Å². The molecule has 5 nitrogen and oxygen atoms in total. The lowest BCUT2D eigenvalue weighted by molar-refractivity contribution is 0.0693. The van der Waals surface area contributed by atoms with Crippen LogP contribution < -0.4 is 5.73 Å². The number of carbonyl (C=O) groups is 1. The maximum Gasteiger partial charge on any atom is 0.336 e. The van der Waals surface area contributed by atoms with E-state index >= 15 is 0 Å². The number of aromatic nitrogens is 2. The smallest absolute Gasteiger partial charge is 0.336 e. The average molecular weight is 235 g/mol. The van der Waals surface area contributed by atoms with Gasteiger partial charge in [-0.1, -0.05) is 11.8 Å². The van der Waals surface area contributed by atoms with Crippen LogP contribution in [-0.2, 0) is 0 Å². The third-order valence-electron chi connectivity index (χ3n) is 1.91. The van der Waals surface area contributed by atoms with Gasteiger partial charge in [-0.15, -0.1) is 0 Å². The highest BCUT2D eigenvalue weighted by molar-refractivity contribution is 7.99. The van der Waals surface area contributed by atoms with Gasteiger partial charge in [0.1, 0.15) is 0 Å². The molecular formula is C10H9N3O2S. The van der Waals surface area contributed by atoms with Crippen molar-refractivity contribution in [2.24, 2.45) is 0 Å². The van der Waals surface area contributed by atoms with E-state index in [-0.39, 0.29) is 5.56 Å². The second-order valence-electron chi connectivity index (χ2n) is 3.06. The number of anilines is 1. The van der Waals surface area contributed by atoms with Crippen molar-refractivity contribution >= 4 is 23.4 Å². The first kappa shape index (κ1) is 10.6. The Hall–Kier alpha value is -1.95. The molecule has 0 atom stereocenters. The van der Waals surface area contributed by atoms with Crippen LogP contribution in [0.3, 0.4) is 0 Å². The molecule has 0 aliphatic rings. The van der Waals surface area contributed by atoms with E-state index in [9.17, 15) is 4.79 Å². The van der Waals surface area contributed by atoms with Crippen LogP contribution in [0.25, 0.3) is 0 Å². The molecule has 1 aromatic carbocycles. The van der Waals surface area contributed by atoms with Crippen LogP contribution in [0.2, 0.25) is 0 Å². The number of aromatic carboxylic acids is 1. The van der Waals surface area contributed by atoms with Crippen LogP contribution in [-0.4, -0.2) is 21.0 Å². The third-order valence-corrected chi connectivity index (χ3v) is 2.91. The van der Waals surface area contributed by atoms with E-state index in [0.717, 1.165) is 0 Å². The summed E-state index contributed by atoms with van der Waals surface area (Å²) in [6, 6.07) is 4.78. The Morgan fingerprint density at radius 2 is 2.31 bits per heavy atom. The minimum atomic E-state index is -0.999. The average Bonchev–Trinajstić information content (AvgIpc) is 2.73. The van der Waals surface area contributed by atoms with Crippen LogP contribution >= 0.6 is 11.8 Å². The molecule has 4 N–H and O–H groups in total.